The maximum atomic E-state index is 12.9. The average Bonchev–Trinajstić information content (AvgIpc) is 2.53. The monoisotopic (exact) mass is 445 g/mol. The van der Waals surface area contributed by atoms with E-state index in [0.717, 1.165) is 57.6 Å². The molecule has 4 aliphatic heterocycles. The SMILES string of the molecule is Cc1nc(C(F)(F)F)ccc1S(=O)(=O)N1CC2(CN(CC34CCOC(C)(C3)C4)C2)C1. The van der Waals surface area contributed by atoms with Crippen molar-refractivity contribution in [2.75, 3.05) is 39.3 Å². The van der Waals surface area contributed by atoms with Gasteiger partial charge >= 0.3 is 6.18 Å². The lowest BCUT2D eigenvalue weighted by atomic mass is 9.55. The second-order valence-corrected chi connectivity index (χ2v) is 12.0. The first-order chi connectivity index (χ1) is 13.8. The highest BCUT2D eigenvalue weighted by molar-refractivity contribution is 7.89. The highest BCUT2D eigenvalue weighted by Crippen LogP contribution is 2.57. The number of rotatable bonds is 4. The van der Waals surface area contributed by atoms with Crippen LogP contribution in [0.25, 0.3) is 0 Å². The summed E-state index contributed by atoms with van der Waals surface area (Å²) in [4.78, 5) is 5.74. The van der Waals surface area contributed by atoms with Crippen LogP contribution >= 0.6 is 0 Å². The number of nitrogens with zero attached hydrogens (tertiary/aromatic N) is 3. The predicted octanol–water partition coefficient (Wildman–Crippen LogP) is 2.67. The standard InChI is InChI=1S/C20H26F3N3O3S/c1-14-15(3-4-16(24-14)20(21,22)23)30(27,28)26-12-19(13-26)10-25(11-19)9-18-5-6-29-17(2,7-18)8-18/h3-4H,5-13H2,1-2H3. The van der Waals surface area contributed by atoms with E-state index in [-0.39, 0.29) is 21.6 Å². The third-order valence-electron chi connectivity index (χ3n) is 7.23. The number of halogens is 3. The molecule has 2 bridgehead atoms. The molecule has 1 aromatic rings. The van der Waals surface area contributed by atoms with Gasteiger partial charge in [0.1, 0.15) is 10.6 Å². The third kappa shape index (κ3) is 3.18. The largest absolute Gasteiger partial charge is 0.433 e. The molecule has 0 radical (unpaired) electrons. The zero-order valence-electron chi connectivity index (χ0n) is 17.1. The molecule has 5 heterocycles. The van der Waals surface area contributed by atoms with Gasteiger partial charge in [-0.05, 0) is 50.7 Å². The van der Waals surface area contributed by atoms with Crippen LogP contribution in [0.4, 0.5) is 13.2 Å². The van der Waals surface area contributed by atoms with Gasteiger partial charge in [-0.3, -0.25) is 0 Å². The van der Waals surface area contributed by atoms with Crippen molar-refractivity contribution in [3.8, 4) is 0 Å². The molecule has 1 aliphatic carbocycles. The fraction of sp³-hybridized carbons (Fsp3) is 0.750. The fourth-order valence-electron chi connectivity index (χ4n) is 6.20. The van der Waals surface area contributed by atoms with Crippen LogP contribution in [0.1, 0.15) is 37.6 Å². The number of sulfonamides is 1. The minimum absolute atomic E-state index is 0.0187. The zero-order chi connectivity index (χ0) is 21.6. The van der Waals surface area contributed by atoms with Crippen LogP contribution in [0.5, 0.6) is 0 Å². The molecule has 5 aliphatic rings. The summed E-state index contributed by atoms with van der Waals surface area (Å²) in [6.45, 7) is 7.94. The summed E-state index contributed by atoms with van der Waals surface area (Å²) in [5.74, 6) is 0. The number of likely N-dealkylation sites (tertiary alicyclic amines) is 1. The second-order valence-electron chi connectivity index (χ2n) is 10.1. The minimum atomic E-state index is -4.59. The van der Waals surface area contributed by atoms with E-state index in [4.69, 9.17) is 4.74 Å². The van der Waals surface area contributed by atoms with Gasteiger partial charge in [-0.15, -0.1) is 0 Å². The summed E-state index contributed by atoms with van der Waals surface area (Å²) in [7, 11) is -3.83. The van der Waals surface area contributed by atoms with Gasteiger partial charge in [-0.25, -0.2) is 13.4 Å². The van der Waals surface area contributed by atoms with E-state index in [1.165, 1.54) is 11.2 Å². The van der Waals surface area contributed by atoms with Gasteiger partial charge in [0.05, 0.1) is 11.3 Å². The summed E-state index contributed by atoms with van der Waals surface area (Å²) in [6.07, 6.45) is -1.30. The molecule has 10 heteroatoms. The smallest absolute Gasteiger partial charge is 0.375 e. The number of fused-ring (bicyclic) bond motifs is 2. The van der Waals surface area contributed by atoms with Crippen molar-refractivity contribution in [1.82, 2.24) is 14.2 Å². The Morgan fingerprint density at radius 2 is 1.83 bits per heavy atom. The first kappa shape index (κ1) is 20.7. The Bertz CT molecular complexity index is 975. The van der Waals surface area contributed by atoms with E-state index < -0.39 is 21.9 Å². The van der Waals surface area contributed by atoms with Gasteiger partial charge in [-0.1, -0.05) is 0 Å². The third-order valence-corrected chi connectivity index (χ3v) is 9.15. The molecular formula is C20H26F3N3O3S. The molecule has 1 spiro atoms. The van der Waals surface area contributed by atoms with Crippen molar-refractivity contribution in [1.29, 1.82) is 0 Å². The Morgan fingerprint density at radius 1 is 1.17 bits per heavy atom. The van der Waals surface area contributed by atoms with Crippen LogP contribution < -0.4 is 0 Å². The highest BCUT2D eigenvalue weighted by atomic mass is 32.2. The Hall–Kier alpha value is -1.23. The molecule has 0 unspecified atom stereocenters. The van der Waals surface area contributed by atoms with E-state index >= 15 is 0 Å². The second kappa shape index (κ2) is 6.17. The topological polar surface area (TPSA) is 62.7 Å². The van der Waals surface area contributed by atoms with Crippen molar-refractivity contribution in [3.63, 3.8) is 0 Å². The molecule has 1 aromatic heterocycles. The van der Waals surface area contributed by atoms with Crippen LogP contribution in [-0.2, 0) is 20.9 Å². The van der Waals surface area contributed by atoms with E-state index in [9.17, 15) is 21.6 Å². The molecule has 6 rings (SSSR count). The molecule has 0 atom stereocenters. The van der Waals surface area contributed by atoms with Crippen molar-refractivity contribution in [3.05, 3.63) is 23.5 Å². The Morgan fingerprint density at radius 3 is 2.40 bits per heavy atom. The van der Waals surface area contributed by atoms with Gasteiger partial charge in [0.15, 0.2) is 0 Å². The molecule has 30 heavy (non-hydrogen) atoms. The van der Waals surface area contributed by atoms with Gasteiger partial charge in [0.25, 0.3) is 0 Å². The molecule has 5 fully saturated rings. The number of aromatic nitrogens is 1. The first-order valence-corrected chi connectivity index (χ1v) is 11.7. The highest BCUT2D eigenvalue weighted by Gasteiger charge is 2.60. The van der Waals surface area contributed by atoms with Gasteiger partial charge in [0, 0.05) is 44.7 Å². The molecule has 0 amide bonds. The molecule has 0 N–H and O–H groups in total. The minimum Gasteiger partial charge on any atom is -0.375 e. The average molecular weight is 446 g/mol. The Kier molecular flexibility index (Phi) is 4.25. The molecular weight excluding hydrogens is 419 g/mol. The lowest BCUT2D eigenvalue weighted by molar-refractivity contribution is -0.230. The van der Waals surface area contributed by atoms with E-state index in [1.807, 2.05) is 0 Å². The van der Waals surface area contributed by atoms with Crippen molar-refractivity contribution >= 4 is 10.0 Å². The van der Waals surface area contributed by atoms with Gasteiger partial charge in [0.2, 0.25) is 10.0 Å². The number of ether oxygens (including phenoxy) is 1. The van der Waals surface area contributed by atoms with E-state index in [1.54, 1.807) is 0 Å². The van der Waals surface area contributed by atoms with Crippen LogP contribution in [0.2, 0.25) is 0 Å². The number of pyridine rings is 1. The van der Waals surface area contributed by atoms with E-state index in [2.05, 4.69) is 16.8 Å². The quantitative estimate of drug-likeness (QED) is 0.713. The summed E-state index contributed by atoms with van der Waals surface area (Å²) in [6, 6.07) is 1.76. The van der Waals surface area contributed by atoms with Crippen LogP contribution in [0, 0.1) is 17.8 Å². The van der Waals surface area contributed by atoms with Crippen LogP contribution in [0.15, 0.2) is 17.0 Å². The maximum Gasteiger partial charge on any atom is 0.433 e. The zero-order valence-corrected chi connectivity index (χ0v) is 17.9. The molecule has 1 saturated carbocycles. The number of aryl methyl sites for hydroxylation is 1. The summed E-state index contributed by atoms with van der Waals surface area (Å²) < 4.78 is 71.4. The summed E-state index contributed by atoms with van der Waals surface area (Å²) in [5, 5.41) is 0. The fourth-order valence-corrected chi connectivity index (χ4v) is 8.02. The van der Waals surface area contributed by atoms with Crippen molar-refractivity contribution in [2.45, 2.75) is 49.8 Å². The maximum absolute atomic E-state index is 12.9. The van der Waals surface area contributed by atoms with Crippen LogP contribution in [-0.4, -0.2) is 67.5 Å². The Labute approximate surface area is 174 Å². The number of hydrogen-bond acceptors (Lipinski definition) is 5. The number of alkyl halides is 3. The molecule has 4 saturated heterocycles. The Balaban J connectivity index is 1.19. The lowest BCUT2D eigenvalue weighted by Gasteiger charge is -2.65. The first-order valence-electron chi connectivity index (χ1n) is 10.3. The number of hydrogen-bond donors (Lipinski definition) is 0. The predicted molar refractivity (Wildman–Crippen MR) is 102 cm³/mol. The van der Waals surface area contributed by atoms with E-state index in [0.29, 0.717) is 18.5 Å². The summed E-state index contributed by atoms with van der Waals surface area (Å²) in [5.41, 5.74) is -0.807. The molecule has 166 valence electrons. The van der Waals surface area contributed by atoms with Gasteiger partial charge < -0.3 is 9.64 Å². The van der Waals surface area contributed by atoms with Gasteiger partial charge in [-0.2, -0.15) is 17.5 Å². The molecule has 0 aromatic carbocycles. The summed E-state index contributed by atoms with van der Waals surface area (Å²) >= 11 is 0. The van der Waals surface area contributed by atoms with Crippen molar-refractivity contribution < 1.29 is 26.3 Å². The van der Waals surface area contributed by atoms with Crippen LogP contribution in [0.3, 0.4) is 0 Å². The lowest BCUT2D eigenvalue weighted by Crippen LogP contribution is -2.74. The molecule has 6 nitrogen and oxygen atoms in total. The van der Waals surface area contributed by atoms with Crippen molar-refractivity contribution in [2.24, 2.45) is 10.8 Å². The normalized spacial score (nSPS) is 33.6.